The maximum absolute atomic E-state index is 13.3. The highest BCUT2D eigenvalue weighted by Gasteiger charge is 2.09. The van der Waals surface area contributed by atoms with Crippen molar-refractivity contribution in [2.24, 2.45) is 0 Å². The fraction of sp³-hybridized carbons (Fsp3) is 0.0833. The molecule has 0 unspecified atom stereocenters. The second-order valence-corrected chi connectivity index (χ2v) is 4.66. The Morgan fingerprint density at radius 1 is 1.35 bits per heavy atom. The van der Waals surface area contributed by atoms with Crippen LogP contribution in [0.2, 0.25) is 0 Å². The molecule has 0 atom stereocenters. The Bertz CT molecular complexity index is 690. The molecule has 0 aliphatic carbocycles. The zero-order valence-corrected chi connectivity index (χ0v) is 10.8. The average Bonchev–Trinajstić information content (AvgIpc) is 2.41. The van der Waals surface area contributed by atoms with Crippen molar-refractivity contribution in [1.82, 2.24) is 9.97 Å². The first-order valence-corrected chi connectivity index (χ1v) is 6.46. The SMILES string of the molecule is O=C(CSc1nccc(=O)[nH]1)Nc1cc(F)ccc1F. The standard InChI is InChI=1S/C12H9F2N3O2S/c13-7-1-2-8(14)9(5-7)16-11(19)6-20-12-15-4-3-10(18)17-12/h1-5H,6H2,(H,16,19)(H,15,17,18). The molecular formula is C12H9F2N3O2S. The van der Waals surface area contributed by atoms with Crippen LogP contribution in [0.3, 0.4) is 0 Å². The number of rotatable bonds is 4. The fourth-order valence-electron chi connectivity index (χ4n) is 1.34. The minimum atomic E-state index is -0.726. The Hall–Kier alpha value is -2.22. The van der Waals surface area contributed by atoms with E-state index in [2.05, 4.69) is 15.3 Å². The second-order valence-electron chi connectivity index (χ2n) is 3.70. The van der Waals surface area contributed by atoms with Crippen molar-refractivity contribution < 1.29 is 13.6 Å². The van der Waals surface area contributed by atoms with E-state index in [1.54, 1.807) is 0 Å². The zero-order valence-electron chi connectivity index (χ0n) is 10.0. The number of nitrogens with one attached hydrogen (secondary N) is 2. The molecule has 104 valence electrons. The summed E-state index contributed by atoms with van der Waals surface area (Å²) in [6, 6.07) is 4.01. The van der Waals surface area contributed by atoms with E-state index in [0.29, 0.717) is 0 Å². The highest BCUT2D eigenvalue weighted by Crippen LogP contribution is 2.16. The Morgan fingerprint density at radius 3 is 2.90 bits per heavy atom. The molecule has 0 saturated heterocycles. The largest absolute Gasteiger partial charge is 0.323 e. The smallest absolute Gasteiger partial charge is 0.251 e. The molecule has 0 fully saturated rings. The molecule has 8 heteroatoms. The van der Waals surface area contributed by atoms with Crippen molar-refractivity contribution in [3.8, 4) is 0 Å². The predicted molar refractivity (Wildman–Crippen MR) is 70.6 cm³/mol. The number of hydrogen-bond acceptors (Lipinski definition) is 4. The molecule has 0 bridgehead atoms. The lowest BCUT2D eigenvalue weighted by atomic mass is 10.3. The van der Waals surface area contributed by atoms with Gasteiger partial charge in [0.25, 0.3) is 5.56 Å². The van der Waals surface area contributed by atoms with Gasteiger partial charge in [0.1, 0.15) is 11.6 Å². The maximum Gasteiger partial charge on any atom is 0.251 e. The van der Waals surface area contributed by atoms with Crippen LogP contribution in [0.5, 0.6) is 0 Å². The first-order valence-electron chi connectivity index (χ1n) is 5.47. The molecule has 0 spiro atoms. The first-order chi connectivity index (χ1) is 9.54. The number of aromatic amines is 1. The molecule has 1 aromatic heterocycles. The molecule has 0 aliphatic rings. The number of carbonyl (C=O) groups excluding carboxylic acids is 1. The molecule has 20 heavy (non-hydrogen) atoms. The lowest BCUT2D eigenvalue weighted by molar-refractivity contribution is -0.113. The summed E-state index contributed by atoms with van der Waals surface area (Å²) < 4.78 is 26.2. The van der Waals surface area contributed by atoms with Crippen LogP contribution in [-0.2, 0) is 4.79 Å². The van der Waals surface area contributed by atoms with Crippen LogP contribution in [-0.4, -0.2) is 21.6 Å². The number of thioether (sulfide) groups is 1. The minimum absolute atomic E-state index is 0.0943. The number of halogens is 2. The number of benzene rings is 1. The lowest BCUT2D eigenvalue weighted by Gasteiger charge is -2.06. The molecule has 0 aliphatic heterocycles. The van der Waals surface area contributed by atoms with Gasteiger partial charge in [0, 0.05) is 18.3 Å². The number of anilines is 1. The normalized spacial score (nSPS) is 10.3. The Balaban J connectivity index is 1.96. The Labute approximate surface area is 116 Å². The number of hydrogen-bond donors (Lipinski definition) is 2. The van der Waals surface area contributed by atoms with Gasteiger partial charge in [0.2, 0.25) is 5.91 Å². The number of amides is 1. The number of H-pyrrole nitrogens is 1. The van der Waals surface area contributed by atoms with Crippen molar-refractivity contribution in [1.29, 1.82) is 0 Å². The highest BCUT2D eigenvalue weighted by atomic mass is 32.2. The van der Waals surface area contributed by atoms with Crippen LogP contribution in [0.4, 0.5) is 14.5 Å². The van der Waals surface area contributed by atoms with Gasteiger partial charge in [0.05, 0.1) is 11.4 Å². The summed E-state index contributed by atoms with van der Waals surface area (Å²) in [5.74, 6) is -2.01. The van der Waals surface area contributed by atoms with Crippen molar-refractivity contribution in [3.05, 3.63) is 52.5 Å². The van der Waals surface area contributed by atoms with Crippen LogP contribution in [0.25, 0.3) is 0 Å². The molecule has 0 saturated carbocycles. The van der Waals surface area contributed by atoms with Crippen LogP contribution in [0.15, 0.2) is 40.4 Å². The van der Waals surface area contributed by atoms with Gasteiger partial charge >= 0.3 is 0 Å². The monoisotopic (exact) mass is 297 g/mol. The van der Waals surface area contributed by atoms with E-state index in [1.807, 2.05) is 0 Å². The molecule has 5 nitrogen and oxygen atoms in total. The summed E-state index contributed by atoms with van der Waals surface area (Å²) >= 11 is 0.977. The van der Waals surface area contributed by atoms with Crippen molar-refractivity contribution in [3.63, 3.8) is 0 Å². The summed E-state index contributed by atoms with van der Waals surface area (Å²) in [7, 11) is 0. The molecule has 1 aromatic carbocycles. The zero-order chi connectivity index (χ0) is 14.5. The maximum atomic E-state index is 13.3. The molecule has 0 radical (unpaired) electrons. The van der Waals surface area contributed by atoms with E-state index in [1.165, 1.54) is 12.3 Å². The molecule has 1 amide bonds. The van der Waals surface area contributed by atoms with Crippen LogP contribution >= 0.6 is 11.8 Å². The second kappa shape index (κ2) is 6.29. The topological polar surface area (TPSA) is 74.8 Å². The summed E-state index contributed by atoms with van der Waals surface area (Å²) in [4.78, 5) is 28.9. The number of aromatic nitrogens is 2. The van der Waals surface area contributed by atoms with Gasteiger partial charge in [-0.2, -0.15) is 0 Å². The van der Waals surface area contributed by atoms with Crippen molar-refractivity contribution in [2.75, 3.05) is 11.1 Å². The van der Waals surface area contributed by atoms with Gasteiger partial charge in [-0.3, -0.25) is 9.59 Å². The Morgan fingerprint density at radius 2 is 2.15 bits per heavy atom. The highest BCUT2D eigenvalue weighted by molar-refractivity contribution is 7.99. The van der Waals surface area contributed by atoms with E-state index in [9.17, 15) is 18.4 Å². The number of carbonyl (C=O) groups is 1. The molecule has 2 aromatic rings. The molecule has 1 heterocycles. The first kappa shape index (κ1) is 14.2. The van der Waals surface area contributed by atoms with E-state index in [0.717, 1.165) is 30.0 Å². The summed E-state index contributed by atoms with van der Waals surface area (Å²) in [6.07, 6.45) is 1.31. The van der Waals surface area contributed by atoms with Gasteiger partial charge < -0.3 is 10.3 Å². The van der Waals surface area contributed by atoms with E-state index < -0.39 is 17.5 Å². The number of nitrogens with zero attached hydrogens (tertiary/aromatic N) is 1. The third kappa shape index (κ3) is 3.89. The average molecular weight is 297 g/mol. The molecular weight excluding hydrogens is 288 g/mol. The summed E-state index contributed by atoms with van der Waals surface area (Å²) in [5, 5.41) is 2.51. The summed E-state index contributed by atoms with van der Waals surface area (Å²) in [5.41, 5.74) is -0.566. The van der Waals surface area contributed by atoms with Crippen molar-refractivity contribution in [2.45, 2.75) is 5.16 Å². The van der Waals surface area contributed by atoms with Crippen LogP contribution in [0, 0.1) is 11.6 Å². The van der Waals surface area contributed by atoms with Crippen molar-refractivity contribution >= 4 is 23.4 Å². The lowest BCUT2D eigenvalue weighted by Crippen LogP contribution is -2.16. The minimum Gasteiger partial charge on any atom is -0.323 e. The Kier molecular flexibility index (Phi) is 4.46. The van der Waals surface area contributed by atoms with E-state index in [-0.39, 0.29) is 22.2 Å². The van der Waals surface area contributed by atoms with Crippen LogP contribution < -0.4 is 10.9 Å². The van der Waals surface area contributed by atoms with Gasteiger partial charge in [-0.05, 0) is 12.1 Å². The van der Waals surface area contributed by atoms with Gasteiger partial charge in [0.15, 0.2) is 5.16 Å². The van der Waals surface area contributed by atoms with Gasteiger partial charge in [-0.1, -0.05) is 11.8 Å². The van der Waals surface area contributed by atoms with Gasteiger partial charge in [-0.25, -0.2) is 13.8 Å². The quantitative estimate of drug-likeness (QED) is 0.666. The molecule has 2 N–H and O–H groups in total. The third-order valence-electron chi connectivity index (χ3n) is 2.19. The van der Waals surface area contributed by atoms with Crippen LogP contribution in [0.1, 0.15) is 0 Å². The van der Waals surface area contributed by atoms with E-state index in [4.69, 9.17) is 0 Å². The fourth-order valence-corrected chi connectivity index (χ4v) is 1.99. The molecule has 2 rings (SSSR count). The third-order valence-corrected chi connectivity index (χ3v) is 3.08. The van der Waals surface area contributed by atoms with Gasteiger partial charge in [-0.15, -0.1) is 0 Å². The summed E-state index contributed by atoms with van der Waals surface area (Å²) in [6.45, 7) is 0. The van der Waals surface area contributed by atoms with E-state index >= 15 is 0 Å². The predicted octanol–water partition coefficient (Wildman–Crippen LogP) is 1.78.